The Bertz CT molecular complexity index is 1170. The number of benzene rings is 2. The van der Waals surface area contributed by atoms with Gasteiger partial charge in [-0.25, -0.2) is 14.2 Å². The highest BCUT2D eigenvalue weighted by atomic mass is 19.1. The van der Waals surface area contributed by atoms with Crippen molar-refractivity contribution in [1.82, 2.24) is 15.2 Å². The number of halogens is 1. The zero-order valence-corrected chi connectivity index (χ0v) is 18.4. The van der Waals surface area contributed by atoms with E-state index in [1.54, 1.807) is 17.0 Å². The summed E-state index contributed by atoms with van der Waals surface area (Å²) in [7, 11) is 0. The summed E-state index contributed by atoms with van der Waals surface area (Å²) >= 11 is 0. The smallest absolute Gasteiger partial charge is 0.322 e. The van der Waals surface area contributed by atoms with E-state index in [2.05, 4.69) is 15.6 Å². The Hall–Kier alpha value is -4.14. The monoisotopic (exact) mass is 464 g/mol. The number of nitrogens with zero attached hydrogens (tertiary/aromatic N) is 2. The maximum absolute atomic E-state index is 13.1. The number of hydrogen-bond acceptors (Lipinski definition) is 5. The minimum atomic E-state index is -0.682. The highest BCUT2D eigenvalue weighted by molar-refractivity contribution is 5.97. The van der Waals surface area contributed by atoms with Crippen LogP contribution in [-0.4, -0.2) is 38.6 Å². The Morgan fingerprint density at radius 2 is 1.79 bits per heavy atom. The molecule has 2 aromatic carbocycles. The Morgan fingerprint density at radius 1 is 1.06 bits per heavy atom. The summed E-state index contributed by atoms with van der Waals surface area (Å²) in [6, 6.07) is 15.3. The van der Waals surface area contributed by atoms with Gasteiger partial charge in [0, 0.05) is 18.8 Å². The molecule has 1 aliphatic heterocycles. The van der Waals surface area contributed by atoms with Crippen LogP contribution in [0.5, 0.6) is 11.6 Å². The molecule has 4 N–H and O–H groups in total. The van der Waals surface area contributed by atoms with E-state index in [4.69, 9.17) is 0 Å². The minimum absolute atomic E-state index is 0.103. The Morgan fingerprint density at radius 3 is 2.53 bits per heavy atom. The largest absolute Gasteiger partial charge is 0.503 e. The maximum atomic E-state index is 13.1. The normalized spacial score (nSPS) is 15.6. The van der Waals surface area contributed by atoms with Crippen LogP contribution in [0, 0.1) is 5.82 Å². The van der Waals surface area contributed by atoms with Gasteiger partial charge in [-0.1, -0.05) is 30.3 Å². The Kier molecular flexibility index (Phi) is 6.91. The standard InChI is InChI=1S/C25H25FN4O4/c26-17-11-9-16(10-12-17)15-27-23(32)19-14-20(29-24(33)22(19)31)21-8-4-5-13-30(21)25(34)28-18-6-2-1-3-7-18/h1-3,6-7,9-12,14,21,31H,4-5,8,13,15H2,(H,27,32)(H,28,34)(H,29,33). The Labute approximate surface area is 196 Å². The number of urea groups is 1. The van der Waals surface area contributed by atoms with Gasteiger partial charge < -0.3 is 25.7 Å². The van der Waals surface area contributed by atoms with Crippen LogP contribution >= 0.6 is 0 Å². The summed E-state index contributed by atoms with van der Waals surface area (Å²) < 4.78 is 13.1. The fraction of sp³-hybridized carbons (Fsp3) is 0.240. The van der Waals surface area contributed by atoms with Gasteiger partial charge in [0.25, 0.3) is 11.8 Å². The molecule has 1 atom stereocenters. The third-order valence-electron chi connectivity index (χ3n) is 5.74. The number of pyridine rings is 1. The summed E-state index contributed by atoms with van der Waals surface area (Å²) in [6.45, 7) is 0.588. The number of aromatic hydroxyl groups is 2. The van der Waals surface area contributed by atoms with Gasteiger partial charge >= 0.3 is 6.03 Å². The van der Waals surface area contributed by atoms with Crippen molar-refractivity contribution in [3.05, 3.63) is 83.3 Å². The highest BCUT2D eigenvalue weighted by Crippen LogP contribution is 2.35. The van der Waals surface area contributed by atoms with Crippen LogP contribution in [-0.2, 0) is 6.54 Å². The summed E-state index contributed by atoms with van der Waals surface area (Å²) in [5, 5.41) is 26.0. The van der Waals surface area contributed by atoms with Crippen molar-refractivity contribution < 1.29 is 24.2 Å². The average molecular weight is 464 g/mol. The molecule has 176 valence electrons. The van der Waals surface area contributed by atoms with Gasteiger partial charge in [-0.3, -0.25) is 4.79 Å². The SMILES string of the molecule is O=C(NCc1ccc(F)cc1)c1cc(C2CCCCN2C(=O)Nc2ccccc2)nc(O)c1O. The van der Waals surface area contributed by atoms with Gasteiger partial charge in [-0.05, 0) is 55.2 Å². The molecule has 4 rings (SSSR count). The van der Waals surface area contributed by atoms with E-state index in [1.807, 2.05) is 18.2 Å². The fourth-order valence-corrected chi connectivity index (χ4v) is 3.97. The lowest BCUT2D eigenvalue weighted by atomic mass is 9.98. The van der Waals surface area contributed by atoms with E-state index in [0.717, 1.165) is 12.8 Å². The lowest BCUT2D eigenvalue weighted by molar-refractivity contribution is 0.0946. The molecule has 1 aromatic heterocycles. The molecular weight excluding hydrogens is 439 g/mol. The van der Waals surface area contributed by atoms with Gasteiger partial charge in [-0.15, -0.1) is 0 Å². The first-order valence-corrected chi connectivity index (χ1v) is 11.0. The predicted molar refractivity (Wildman–Crippen MR) is 124 cm³/mol. The number of hydrogen-bond donors (Lipinski definition) is 4. The van der Waals surface area contributed by atoms with Crippen LogP contribution in [0.3, 0.4) is 0 Å². The molecule has 2 heterocycles. The molecule has 0 aliphatic carbocycles. The summed E-state index contributed by atoms with van der Waals surface area (Å²) in [6.07, 6.45) is 2.25. The van der Waals surface area contributed by atoms with Crippen molar-refractivity contribution >= 4 is 17.6 Å². The number of likely N-dealkylation sites (tertiary alicyclic amines) is 1. The van der Waals surface area contributed by atoms with Crippen molar-refractivity contribution in [3.8, 4) is 11.6 Å². The molecule has 0 bridgehead atoms. The van der Waals surface area contributed by atoms with Crippen molar-refractivity contribution in [3.63, 3.8) is 0 Å². The second-order valence-corrected chi connectivity index (χ2v) is 8.08. The third kappa shape index (κ3) is 5.25. The third-order valence-corrected chi connectivity index (χ3v) is 5.74. The number of piperidine rings is 1. The molecule has 0 saturated carbocycles. The van der Waals surface area contributed by atoms with E-state index in [-0.39, 0.29) is 24.0 Å². The second-order valence-electron chi connectivity index (χ2n) is 8.08. The van der Waals surface area contributed by atoms with Crippen LogP contribution in [0.25, 0.3) is 0 Å². The second kappa shape index (κ2) is 10.2. The van der Waals surface area contributed by atoms with E-state index in [0.29, 0.717) is 29.9 Å². The molecule has 1 aliphatic rings. The van der Waals surface area contributed by atoms with Gasteiger partial charge in [0.05, 0.1) is 17.3 Å². The lowest BCUT2D eigenvalue weighted by Crippen LogP contribution is -2.41. The molecule has 0 radical (unpaired) electrons. The number of aromatic nitrogens is 1. The number of rotatable bonds is 5. The number of para-hydroxylation sites is 1. The van der Waals surface area contributed by atoms with E-state index < -0.39 is 23.6 Å². The quantitative estimate of drug-likeness (QED) is 0.449. The average Bonchev–Trinajstić information content (AvgIpc) is 2.85. The van der Waals surface area contributed by atoms with Crippen LogP contribution in [0.2, 0.25) is 0 Å². The number of amides is 3. The first-order chi connectivity index (χ1) is 16.4. The lowest BCUT2D eigenvalue weighted by Gasteiger charge is -2.35. The number of anilines is 1. The van der Waals surface area contributed by atoms with Gasteiger partial charge in [0.2, 0.25) is 0 Å². The van der Waals surface area contributed by atoms with Gasteiger partial charge in [-0.2, -0.15) is 0 Å². The summed E-state index contributed by atoms with van der Waals surface area (Å²) in [5.41, 5.74) is 1.48. The van der Waals surface area contributed by atoms with Crippen LogP contribution in [0.4, 0.5) is 14.9 Å². The number of nitrogens with one attached hydrogen (secondary N) is 2. The first kappa shape index (κ1) is 23.0. The molecule has 1 unspecified atom stereocenters. The van der Waals surface area contributed by atoms with E-state index in [1.165, 1.54) is 30.3 Å². The molecular formula is C25H25FN4O4. The number of carbonyl (C=O) groups is 2. The zero-order valence-electron chi connectivity index (χ0n) is 18.4. The zero-order chi connectivity index (χ0) is 24.1. The van der Waals surface area contributed by atoms with E-state index in [9.17, 15) is 24.2 Å². The summed E-state index contributed by atoms with van der Waals surface area (Å²) in [5.74, 6) is -2.34. The molecule has 3 aromatic rings. The fourth-order valence-electron chi connectivity index (χ4n) is 3.97. The topological polar surface area (TPSA) is 115 Å². The van der Waals surface area contributed by atoms with Crippen molar-refractivity contribution in [2.75, 3.05) is 11.9 Å². The highest BCUT2D eigenvalue weighted by Gasteiger charge is 2.31. The molecule has 9 heteroatoms. The van der Waals surface area contributed by atoms with Crippen molar-refractivity contribution in [1.29, 1.82) is 0 Å². The molecule has 1 fully saturated rings. The predicted octanol–water partition coefficient (Wildman–Crippen LogP) is 4.32. The molecule has 8 nitrogen and oxygen atoms in total. The van der Waals surface area contributed by atoms with Crippen molar-refractivity contribution in [2.45, 2.75) is 31.8 Å². The first-order valence-electron chi connectivity index (χ1n) is 11.0. The van der Waals surface area contributed by atoms with Gasteiger partial charge in [0.15, 0.2) is 5.75 Å². The minimum Gasteiger partial charge on any atom is -0.503 e. The summed E-state index contributed by atoms with van der Waals surface area (Å²) in [4.78, 5) is 31.4. The molecule has 0 spiro atoms. The molecule has 3 amide bonds. The van der Waals surface area contributed by atoms with Crippen molar-refractivity contribution in [2.24, 2.45) is 0 Å². The molecule has 1 saturated heterocycles. The van der Waals surface area contributed by atoms with Crippen LogP contribution in [0.15, 0.2) is 60.7 Å². The molecule has 34 heavy (non-hydrogen) atoms. The number of carbonyl (C=O) groups excluding carboxylic acids is 2. The van der Waals surface area contributed by atoms with Crippen LogP contribution < -0.4 is 10.6 Å². The Balaban J connectivity index is 1.54. The van der Waals surface area contributed by atoms with Gasteiger partial charge in [0.1, 0.15) is 5.82 Å². The van der Waals surface area contributed by atoms with E-state index >= 15 is 0 Å². The van der Waals surface area contributed by atoms with Crippen LogP contribution in [0.1, 0.15) is 46.9 Å². The maximum Gasteiger partial charge on any atom is 0.322 e.